The van der Waals surface area contributed by atoms with E-state index in [1.807, 2.05) is 12.1 Å². The van der Waals surface area contributed by atoms with Gasteiger partial charge >= 0.3 is 0 Å². The Kier molecular flexibility index (Phi) is 4.28. The molecule has 0 saturated heterocycles. The number of rotatable bonds is 3. The number of benzene rings is 2. The number of aromatic amines is 1. The molecule has 2 N–H and O–H groups in total. The number of amides is 1. The Morgan fingerprint density at radius 3 is 2.77 bits per heavy atom. The lowest BCUT2D eigenvalue weighted by Crippen LogP contribution is -2.14. The van der Waals surface area contributed by atoms with Crippen LogP contribution in [-0.4, -0.2) is 15.9 Å². The fourth-order valence-electron chi connectivity index (χ4n) is 2.70. The minimum atomic E-state index is -0.326. The van der Waals surface area contributed by atoms with E-state index in [4.69, 9.17) is 11.6 Å². The molecule has 2 aromatic carbocycles. The number of pyridine rings is 1. The lowest BCUT2D eigenvalue weighted by atomic mass is 10.1. The Labute approximate surface area is 157 Å². The van der Waals surface area contributed by atoms with Crippen molar-refractivity contribution in [3.63, 3.8) is 0 Å². The smallest absolute Gasteiger partial charge is 0.275 e. The fourth-order valence-corrected chi connectivity index (χ4v) is 3.42. The molecule has 0 fully saturated rings. The van der Waals surface area contributed by atoms with Crippen molar-refractivity contribution in [3.8, 4) is 11.3 Å². The van der Waals surface area contributed by atoms with E-state index in [1.165, 1.54) is 17.4 Å². The molecule has 0 radical (unpaired) electrons. The molecule has 4 aromatic rings. The fraction of sp³-hybridized carbons (Fsp3) is 0. The topological polar surface area (TPSA) is 74.8 Å². The molecule has 0 saturated carbocycles. The number of thiazole rings is 1. The molecule has 26 heavy (non-hydrogen) atoms. The first kappa shape index (κ1) is 16.5. The van der Waals surface area contributed by atoms with Crippen molar-refractivity contribution in [2.24, 2.45) is 0 Å². The number of halogens is 1. The van der Waals surface area contributed by atoms with Crippen LogP contribution in [0.4, 0.5) is 5.69 Å². The molecule has 2 heterocycles. The minimum absolute atomic E-state index is 0.140. The molecule has 0 atom stereocenters. The Morgan fingerprint density at radius 2 is 2.00 bits per heavy atom. The number of hydrogen-bond acceptors (Lipinski definition) is 4. The van der Waals surface area contributed by atoms with Crippen LogP contribution in [0.25, 0.3) is 22.2 Å². The maximum absolute atomic E-state index is 12.5. The summed E-state index contributed by atoms with van der Waals surface area (Å²) in [5.41, 5.74) is 4.27. The lowest BCUT2D eigenvalue weighted by molar-refractivity contribution is 0.102. The molecule has 0 aliphatic heterocycles. The second kappa shape index (κ2) is 6.74. The SMILES string of the molecule is O=C(Nc1cccc2c(=O)cc(-c3cccc(Cl)c3)[nH]c12)c1cscn1. The first-order valence-corrected chi connectivity index (χ1v) is 9.05. The summed E-state index contributed by atoms with van der Waals surface area (Å²) in [6, 6.07) is 13.9. The van der Waals surface area contributed by atoms with Gasteiger partial charge in [0.05, 0.1) is 16.7 Å². The maximum atomic E-state index is 12.5. The largest absolute Gasteiger partial charge is 0.353 e. The van der Waals surface area contributed by atoms with Gasteiger partial charge in [0, 0.05) is 27.5 Å². The minimum Gasteiger partial charge on any atom is -0.353 e. The van der Waals surface area contributed by atoms with Crippen molar-refractivity contribution in [2.75, 3.05) is 5.32 Å². The molecule has 5 nitrogen and oxygen atoms in total. The average Bonchev–Trinajstić information content (AvgIpc) is 3.17. The zero-order valence-electron chi connectivity index (χ0n) is 13.3. The predicted molar refractivity (Wildman–Crippen MR) is 105 cm³/mol. The number of hydrogen-bond donors (Lipinski definition) is 2. The van der Waals surface area contributed by atoms with Crippen LogP contribution in [0.1, 0.15) is 10.5 Å². The van der Waals surface area contributed by atoms with Crippen LogP contribution in [0.15, 0.2) is 64.2 Å². The molecule has 0 aliphatic rings. The Balaban J connectivity index is 1.84. The summed E-state index contributed by atoms with van der Waals surface area (Å²) in [6.07, 6.45) is 0. The standard InChI is InChI=1S/C19H12ClN3O2S/c20-12-4-1-3-11(7-12)15-8-17(24)13-5-2-6-14(18(13)22-15)23-19(25)16-9-26-10-21-16/h1-10H,(H,22,24)(H,23,25). The highest BCUT2D eigenvalue weighted by Crippen LogP contribution is 2.25. The number of H-pyrrole nitrogens is 1. The third kappa shape index (κ3) is 3.12. The number of nitrogens with one attached hydrogen (secondary N) is 2. The second-order valence-corrected chi connectivity index (χ2v) is 6.77. The van der Waals surface area contributed by atoms with E-state index in [2.05, 4.69) is 15.3 Å². The van der Waals surface area contributed by atoms with Gasteiger partial charge in [0.1, 0.15) is 5.69 Å². The van der Waals surface area contributed by atoms with Crippen molar-refractivity contribution < 1.29 is 4.79 Å². The van der Waals surface area contributed by atoms with Gasteiger partial charge in [0.25, 0.3) is 5.91 Å². The second-order valence-electron chi connectivity index (χ2n) is 5.61. The van der Waals surface area contributed by atoms with E-state index < -0.39 is 0 Å². The van der Waals surface area contributed by atoms with E-state index in [1.54, 1.807) is 41.2 Å². The summed E-state index contributed by atoms with van der Waals surface area (Å²) in [4.78, 5) is 32.1. The third-order valence-corrected chi connectivity index (χ3v) is 4.74. The highest BCUT2D eigenvalue weighted by molar-refractivity contribution is 7.07. The van der Waals surface area contributed by atoms with Crippen LogP contribution in [-0.2, 0) is 0 Å². The molecule has 0 aliphatic carbocycles. The van der Waals surface area contributed by atoms with Gasteiger partial charge in [-0.1, -0.05) is 29.8 Å². The maximum Gasteiger partial charge on any atom is 0.275 e. The van der Waals surface area contributed by atoms with Gasteiger partial charge in [0.2, 0.25) is 0 Å². The molecule has 0 bridgehead atoms. The van der Waals surface area contributed by atoms with Gasteiger partial charge in [-0.3, -0.25) is 9.59 Å². The summed E-state index contributed by atoms with van der Waals surface area (Å²) < 4.78 is 0. The third-order valence-electron chi connectivity index (χ3n) is 3.91. The number of nitrogens with zero attached hydrogens (tertiary/aromatic N) is 1. The highest BCUT2D eigenvalue weighted by Gasteiger charge is 2.12. The van der Waals surface area contributed by atoms with Gasteiger partial charge in [-0.25, -0.2) is 4.98 Å². The van der Waals surface area contributed by atoms with Gasteiger partial charge in [-0.2, -0.15) is 0 Å². The quantitative estimate of drug-likeness (QED) is 0.546. The van der Waals surface area contributed by atoms with Crippen LogP contribution in [0.3, 0.4) is 0 Å². The molecule has 0 spiro atoms. The molecular formula is C19H12ClN3O2S. The summed E-state index contributed by atoms with van der Waals surface area (Å²) in [5.74, 6) is -0.326. The summed E-state index contributed by atoms with van der Waals surface area (Å²) >= 11 is 7.40. The number of carbonyl (C=O) groups is 1. The molecule has 128 valence electrons. The van der Waals surface area contributed by atoms with Crippen molar-refractivity contribution >= 4 is 45.4 Å². The van der Waals surface area contributed by atoms with Crippen LogP contribution in [0.2, 0.25) is 5.02 Å². The van der Waals surface area contributed by atoms with Crippen LogP contribution >= 0.6 is 22.9 Å². The van der Waals surface area contributed by atoms with Gasteiger partial charge in [-0.05, 0) is 29.8 Å². The van der Waals surface area contributed by atoms with E-state index >= 15 is 0 Å². The number of aromatic nitrogens is 2. The highest BCUT2D eigenvalue weighted by atomic mass is 35.5. The van der Waals surface area contributed by atoms with Crippen molar-refractivity contribution in [1.82, 2.24) is 9.97 Å². The first-order valence-electron chi connectivity index (χ1n) is 7.73. The zero-order chi connectivity index (χ0) is 18.1. The van der Waals surface area contributed by atoms with E-state index in [-0.39, 0.29) is 11.3 Å². The molecular weight excluding hydrogens is 370 g/mol. The van der Waals surface area contributed by atoms with Crippen molar-refractivity contribution in [2.45, 2.75) is 0 Å². The predicted octanol–water partition coefficient (Wildman–Crippen LogP) is 4.56. The van der Waals surface area contributed by atoms with E-state index in [0.717, 1.165) is 5.56 Å². The van der Waals surface area contributed by atoms with Crippen LogP contribution < -0.4 is 10.7 Å². The van der Waals surface area contributed by atoms with Gasteiger partial charge in [0.15, 0.2) is 5.43 Å². The van der Waals surface area contributed by atoms with Crippen molar-refractivity contribution in [3.05, 3.63) is 80.4 Å². The summed E-state index contributed by atoms with van der Waals surface area (Å²) in [5, 5.41) is 5.55. The molecule has 1 amide bonds. The van der Waals surface area contributed by atoms with E-state index in [0.29, 0.717) is 33.0 Å². The Hall–Kier alpha value is -2.96. The first-order chi connectivity index (χ1) is 12.6. The monoisotopic (exact) mass is 381 g/mol. The number of anilines is 1. The molecule has 7 heteroatoms. The van der Waals surface area contributed by atoms with Crippen LogP contribution in [0, 0.1) is 0 Å². The van der Waals surface area contributed by atoms with Gasteiger partial charge < -0.3 is 10.3 Å². The summed E-state index contributed by atoms with van der Waals surface area (Å²) in [7, 11) is 0. The Bertz CT molecular complexity index is 1170. The normalized spacial score (nSPS) is 10.8. The average molecular weight is 382 g/mol. The lowest BCUT2D eigenvalue weighted by Gasteiger charge is -2.10. The summed E-state index contributed by atoms with van der Waals surface area (Å²) in [6.45, 7) is 0. The zero-order valence-corrected chi connectivity index (χ0v) is 14.9. The molecule has 0 unspecified atom stereocenters. The Morgan fingerprint density at radius 1 is 1.15 bits per heavy atom. The number of carbonyl (C=O) groups excluding carboxylic acids is 1. The van der Waals surface area contributed by atoms with Crippen LogP contribution in [0.5, 0.6) is 0 Å². The molecule has 2 aromatic heterocycles. The number of fused-ring (bicyclic) bond motifs is 1. The van der Waals surface area contributed by atoms with E-state index in [9.17, 15) is 9.59 Å². The molecule has 4 rings (SSSR count). The van der Waals surface area contributed by atoms with Crippen molar-refractivity contribution in [1.29, 1.82) is 0 Å². The van der Waals surface area contributed by atoms with Gasteiger partial charge in [-0.15, -0.1) is 11.3 Å². The number of para-hydroxylation sites is 1.